The van der Waals surface area contributed by atoms with Gasteiger partial charge < -0.3 is 15.5 Å². The first-order valence-corrected chi connectivity index (χ1v) is 10.4. The molecule has 0 bridgehead atoms. The van der Waals surface area contributed by atoms with Crippen LogP contribution < -0.4 is 15.5 Å². The zero-order chi connectivity index (χ0) is 18.2. The first kappa shape index (κ1) is 18.8. The minimum absolute atomic E-state index is 0.450. The van der Waals surface area contributed by atoms with Gasteiger partial charge in [-0.3, -0.25) is 9.67 Å². The molecule has 1 atom stereocenters. The second-order valence-electron chi connectivity index (χ2n) is 6.91. The lowest BCUT2D eigenvalue weighted by atomic mass is 10.1. The van der Waals surface area contributed by atoms with E-state index < -0.39 is 0 Å². The van der Waals surface area contributed by atoms with Crippen LogP contribution in [0.25, 0.3) is 0 Å². The van der Waals surface area contributed by atoms with Crippen LogP contribution in [-0.2, 0) is 6.54 Å². The van der Waals surface area contributed by atoms with Gasteiger partial charge in [-0.25, -0.2) is 0 Å². The van der Waals surface area contributed by atoms with Crippen molar-refractivity contribution in [2.24, 2.45) is 10.9 Å². The Kier molecular flexibility index (Phi) is 6.94. The van der Waals surface area contributed by atoms with Gasteiger partial charge in [0.1, 0.15) is 0 Å². The number of anilines is 1. The Bertz CT molecular complexity index is 644. The highest BCUT2D eigenvalue weighted by Crippen LogP contribution is 2.24. The third-order valence-corrected chi connectivity index (χ3v) is 5.55. The van der Waals surface area contributed by atoms with Gasteiger partial charge in [0.25, 0.3) is 0 Å². The molecular formula is C19H30N6S. The molecule has 1 aliphatic heterocycles. The van der Waals surface area contributed by atoms with Crippen molar-refractivity contribution in [3.63, 3.8) is 0 Å². The summed E-state index contributed by atoms with van der Waals surface area (Å²) >= 11 is 1.83. The topological polar surface area (TPSA) is 57.5 Å². The molecule has 2 N–H and O–H groups in total. The number of aromatic nitrogens is 2. The number of guanidine groups is 1. The van der Waals surface area contributed by atoms with Crippen LogP contribution in [0.1, 0.15) is 26.7 Å². The minimum Gasteiger partial charge on any atom is -0.363 e. The van der Waals surface area contributed by atoms with Gasteiger partial charge in [0.05, 0.1) is 5.00 Å². The average Bonchev–Trinajstić information content (AvgIpc) is 3.34. The molecule has 26 heavy (non-hydrogen) atoms. The van der Waals surface area contributed by atoms with E-state index in [2.05, 4.69) is 52.0 Å². The van der Waals surface area contributed by atoms with Crippen molar-refractivity contribution >= 4 is 22.3 Å². The molecule has 1 aliphatic rings. The summed E-state index contributed by atoms with van der Waals surface area (Å²) in [6.07, 6.45) is 6.12. The predicted molar refractivity (Wildman–Crippen MR) is 110 cm³/mol. The summed E-state index contributed by atoms with van der Waals surface area (Å²) in [5.41, 5.74) is 0. The number of aliphatic imine (C=N–C) groups is 1. The van der Waals surface area contributed by atoms with E-state index >= 15 is 0 Å². The Labute approximate surface area is 160 Å². The molecule has 0 aromatic carbocycles. The van der Waals surface area contributed by atoms with E-state index in [1.807, 2.05) is 34.5 Å². The van der Waals surface area contributed by atoms with Crippen LogP contribution in [0.3, 0.4) is 0 Å². The van der Waals surface area contributed by atoms with E-state index in [1.54, 1.807) is 0 Å². The summed E-state index contributed by atoms with van der Waals surface area (Å²) in [7, 11) is 0. The fourth-order valence-electron chi connectivity index (χ4n) is 3.24. The van der Waals surface area contributed by atoms with Gasteiger partial charge in [-0.2, -0.15) is 5.10 Å². The maximum Gasteiger partial charge on any atom is 0.191 e. The van der Waals surface area contributed by atoms with Crippen LogP contribution in [0.2, 0.25) is 0 Å². The summed E-state index contributed by atoms with van der Waals surface area (Å²) < 4.78 is 1.97. The molecule has 7 heteroatoms. The molecule has 1 fully saturated rings. The summed E-state index contributed by atoms with van der Waals surface area (Å²) in [5, 5.41) is 14.8. The standard InChI is InChI=1S/C19H30N6S/c1-3-20-19(21-14-16(2)15-25-10-5-9-22-25)23-17-7-11-24(12-8-17)18-6-4-13-26-18/h4-6,9-10,13,16-17H,3,7-8,11-12,14-15H2,1-2H3,(H2,20,21,23). The summed E-state index contributed by atoms with van der Waals surface area (Å²) in [6, 6.07) is 6.80. The van der Waals surface area contributed by atoms with Gasteiger partial charge in [-0.05, 0) is 49.3 Å². The number of hydrogen-bond donors (Lipinski definition) is 2. The van der Waals surface area contributed by atoms with Crippen LogP contribution in [0.5, 0.6) is 0 Å². The molecule has 0 radical (unpaired) electrons. The number of piperidine rings is 1. The predicted octanol–water partition coefficient (Wildman–Crippen LogP) is 2.80. The molecule has 142 valence electrons. The number of rotatable bonds is 7. The van der Waals surface area contributed by atoms with E-state index in [1.165, 1.54) is 5.00 Å². The first-order valence-electron chi connectivity index (χ1n) is 9.55. The summed E-state index contributed by atoms with van der Waals surface area (Å²) in [5.74, 6) is 1.39. The first-order chi connectivity index (χ1) is 12.7. The van der Waals surface area contributed by atoms with Gasteiger partial charge in [0, 0.05) is 51.2 Å². The molecule has 6 nitrogen and oxygen atoms in total. The number of thiophene rings is 1. The highest BCUT2D eigenvalue weighted by molar-refractivity contribution is 7.14. The maximum atomic E-state index is 4.80. The van der Waals surface area contributed by atoms with Crippen LogP contribution >= 0.6 is 11.3 Å². The van der Waals surface area contributed by atoms with Crippen LogP contribution in [0.15, 0.2) is 41.0 Å². The number of nitrogens with zero attached hydrogens (tertiary/aromatic N) is 4. The molecule has 0 saturated carbocycles. The molecule has 1 saturated heterocycles. The average molecular weight is 375 g/mol. The Morgan fingerprint density at radius 1 is 1.38 bits per heavy atom. The highest BCUT2D eigenvalue weighted by atomic mass is 32.1. The molecular weight excluding hydrogens is 344 g/mol. The molecule has 3 rings (SSSR count). The third-order valence-electron chi connectivity index (χ3n) is 4.62. The Morgan fingerprint density at radius 3 is 2.88 bits per heavy atom. The van der Waals surface area contributed by atoms with Crippen molar-refractivity contribution < 1.29 is 0 Å². The van der Waals surface area contributed by atoms with Crippen molar-refractivity contribution in [3.05, 3.63) is 36.0 Å². The van der Waals surface area contributed by atoms with Gasteiger partial charge >= 0.3 is 0 Å². The zero-order valence-electron chi connectivity index (χ0n) is 15.8. The Balaban J connectivity index is 1.47. The van der Waals surface area contributed by atoms with Crippen molar-refractivity contribution in [1.29, 1.82) is 0 Å². The zero-order valence-corrected chi connectivity index (χ0v) is 16.6. The molecule has 3 heterocycles. The normalized spacial score (nSPS) is 17.3. The van der Waals surface area contributed by atoms with E-state index in [0.717, 1.165) is 51.5 Å². The summed E-state index contributed by atoms with van der Waals surface area (Å²) in [4.78, 5) is 7.28. The van der Waals surface area contributed by atoms with E-state index in [4.69, 9.17) is 4.99 Å². The number of nitrogens with one attached hydrogen (secondary N) is 2. The maximum absolute atomic E-state index is 4.80. The lowest BCUT2D eigenvalue weighted by Crippen LogP contribution is -2.48. The van der Waals surface area contributed by atoms with Crippen LogP contribution in [0.4, 0.5) is 5.00 Å². The van der Waals surface area contributed by atoms with Gasteiger partial charge in [0.15, 0.2) is 5.96 Å². The van der Waals surface area contributed by atoms with Crippen LogP contribution in [-0.4, -0.2) is 48.0 Å². The quantitative estimate of drug-likeness (QED) is 0.578. The third kappa shape index (κ3) is 5.49. The van der Waals surface area contributed by atoms with E-state index in [-0.39, 0.29) is 0 Å². The summed E-state index contributed by atoms with van der Waals surface area (Å²) in [6.45, 7) is 9.12. The molecule has 0 amide bonds. The molecule has 0 spiro atoms. The van der Waals surface area contributed by atoms with Crippen molar-refractivity contribution in [1.82, 2.24) is 20.4 Å². The largest absolute Gasteiger partial charge is 0.363 e. The lowest BCUT2D eigenvalue weighted by molar-refractivity contribution is 0.449. The lowest BCUT2D eigenvalue weighted by Gasteiger charge is -2.33. The minimum atomic E-state index is 0.450. The molecule has 2 aromatic rings. The van der Waals surface area contributed by atoms with Crippen molar-refractivity contribution in [2.75, 3.05) is 31.1 Å². The van der Waals surface area contributed by atoms with E-state index in [9.17, 15) is 0 Å². The Hall–Kier alpha value is -2.02. The van der Waals surface area contributed by atoms with Crippen molar-refractivity contribution in [2.45, 2.75) is 39.3 Å². The highest BCUT2D eigenvalue weighted by Gasteiger charge is 2.20. The second kappa shape index (κ2) is 9.62. The van der Waals surface area contributed by atoms with Crippen LogP contribution in [0, 0.1) is 5.92 Å². The second-order valence-corrected chi connectivity index (χ2v) is 7.84. The van der Waals surface area contributed by atoms with Gasteiger partial charge in [-0.15, -0.1) is 11.3 Å². The SMILES string of the molecule is CCNC(=NCC(C)Cn1cccn1)NC1CCN(c2cccs2)CC1. The fourth-order valence-corrected chi connectivity index (χ4v) is 4.03. The van der Waals surface area contributed by atoms with E-state index in [0.29, 0.717) is 12.0 Å². The number of hydrogen-bond acceptors (Lipinski definition) is 4. The van der Waals surface area contributed by atoms with Gasteiger partial charge in [0.2, 0.25) is 0 Å². The molecule has 0 aliphatic carbocycles. The Morgan fingerprint density at radius 2 is 2.23 bits per heavy atom. The van der Waals surface area contributed by atoms with Gasteiger partial charge in [-0.1, -0.05) is 6.92 Å². The monoisotopic (exact) mass is 374 g/mol. The smallest absolute Gasteiger partial charge is 0.191 e. The van der Waals surface area contributed by atoms with Crippen molar-refractivity contribution in [3.8, 4) is 0 Å². The molecule has 2 aromatic heterocycles. The fraction of sp³-hybridized carbons (Fsp3) is 0.579. The molecule has 1 unspecified atom stereocenters.